The number of halogens is 1. The van der Waals surface area contributed by atoms with Crippen molar-refractivity contribution in [3.63, 3.8) is 0 Å². The number of carbonyl (C=O) groups is 1. The third-order valence-electron chi connectivity index (χ3n) is 5.96. The second-order valence-corrected chi connectivity index (χ2v) is 12.3. The average molecular weight is 565 g/mol. The fourth-order valence-corrected chi connectivity index (χ4v) is 6.71. The molecular weight excluding hydrogens is 536 g/mol. The fraction of sp³-hybridized carbons (Fsp3) is 0.167. The lowest BCUT2D eigenvalue weighted by Gasteiger charge is -2.24. The number of aryl methyl sites for hydroxylation is 2. The molecule has 4 aromatic rings. The van der Waals surface area contributed by atoms with Crippen molar-refractivity contribution in [2.75, 3.05) is 10.8 Å². The highest BCUT2D eigenvalue weighted by atomic mass is 35.5. The highest BCUT2D eigenvalue weighted by Crippen LogP contribution is 2.34. The molecule has 0 radical (unpaired) electrons. The summed E-state index contributed by atoms with van der Waals surface area (Å²) in [7, 11) is -3.92. The van der Waals surface area contributed by atoms with Gasteiger partial charge >= 0.3 is 0 Å². The molecule has 0 aliphatic rings. The summed E-state index contributed by atoms with van der Waals surface area (Å²) in [5, 5.41) is 3.53. The van der Waals surface area contributed by atoms with Gasteiger partial charge in [-0.2, -0.15) is 0 Å². The molecule has 1 amide bonds. The van der Waals surface area contributed by atoms with Gasteiger partial charge in [0, 0.05) is 27.9 Å². The van der Waals surface area contributed by atoms with E-state index in [1.165, 1.54) is 22.1 Å². The zero-order chi connectivity index (χ0) is 27.3. The molecular formula is C30H29ClN2O3S2. The molecule has 0 aliphatic heterocycles. The molecule has 1 N–H and O–H groups in total. The van der Waals surface area contributed by atoms with E-state index in [1.807, 2.05) is 68.4 Å². The SMILES string of the molecule is CCN(c1cccc(C)c1)S(=O)(=O)c1ccc(Sc2cccc(Cl)c2)c(C(=O)NCc2ccc(C)cc2)c1. The second-order valence-electron chi connectivity index (χ2n) is 8.89. The van der Waals surface area contributed by atoms with Crippen molar-refractivity contribution in [3.05, 3.63) is 118 Å². The number of nitrogens with zero attached hydrogens (tertiary/aromatic N) is 1. The predicted octanol–water partition coefficient (Wildman–Crippen LogP) is 7.25. The van der Waals surface area contributed by atoms with Gasteiger partial charge in [0.25, 0.3) is 15.9 Å². The van der Waals surface area contributed by atoms with Crippen LogP contribution >= 0.6 is 23.4 Å². The Morgan fingerprint density at radius 1 is 0.895 bits per heavy atom. The molecule has 0 aromatic heterocycles. The largest absolute Gasteiger partial charge is 0.348 e. The zero-order valence-corrected chi connectivity index (χ0v) is 23.8. The first-order valence-corrected chi connectivity index (χ1v) is 14.8. The van der Waals surface area contributed by atoms with Gasteiger partial charge in [0.05, 0.1) is 16.1 Å². The summed E-state index contributed by atoms with van der Waals surface area (Å²) in [4.78, 5) is 15.0. The van der Waals surface area contributed by atoms with E-state index in [1.54, 1.807) is 37.3 Å². The van der Waals surface area contributed by atoms with Gasteiger partial charge in [0.2, 0.25) is 0 Å². The summed E-state index contributed by atoms with van der Waals surface area (Å²) in [5.41, 5.74) is 3.90. The van der Waals surface area contributed by atoms with E-state index in [9.17, 15) is 13.2 Å². The molecule has 38 heavy (non-hydrogen) atoms. The van der Waals surface area contributed by atoms with Crippen LogP contribution in [0.25, 0.3) is 0 Å². The number of hydrogen-bond donors (Lipinski definition) is 1. The Balaban J connectivity index is 1.71. The lowest BCUT2D eigenvalue weighted by Crippen LogP contribution is -2.31. The number of amides is 1. The third-order valence-corrected chi connectivity index (χ3v) is 9.16. The van der Waals surface area contributed by atoms with Crippen molar-refractivity contribution in [1.82, 2.24) is 5.32 Å². The highest BCUT2D eigenvalue weighted by Gasteiger charge is 2.26. The van der Waals surface area contributed by atoms with Crippen LogP contribution in [0.15, 0.2) is 106 Å². The van der Waals surface area contributed by atoms with Gasteiger partial charge in [-0.05, 0) is 80.4 Å². The number of benzene rings is 4. The van der Waals surface area contributed by atoms with Crippen LogP contribution < -0.4 is 9.62 Å². The molecule has 8 heteroatoms. The zero-order valence-electron chi connectivity index (χ0n) is 21.4. The van der Waals surface area contributed by atoms with E-state index >= 15 is 0 Å². The van der Waals surface area contributed by atoms with Crippen molar-refractivity contribution in [1.29, 1.82) is 0 Å². The maximum Gasteiger partial charge on any atom is 0.264 e. The Morgan fingerprint density at radius 3 is 2.32 bits per heavy atom. The summed E-state index contributed by atoms with van der Waals surface area (Å²) in [6.45, 7) is 6.28. The van der Waals surface area contributed by atoms with Crippen molar-refractivity contribution in [3.8, 4) is 0 Å². The molecule has 4 rings (SSSR count). The summed E-state index contributed by atoms with van der Waals surface area (Å²) in [6, 6.07) is 27.3. The van der Waals surface area contributed by atoms with Crippen LogP contribution in [0.5, 0.6) is 0 Å². The monoisotopic (exact) mass is 564 g/mol. The lowest BCUT2D eigenvalue weighted by atomic mass is 10.1. The summed E-state index contributed by atoms with van der Waals surface area (Å²) in [6.07, 6.45) is 0. The smallest absolute Gasteiger partial charge is 0.264 e. The summed E-state index contributed by atoms with van der Waals surface area (Å²) in [5.74, 6) is -0.356. The second kappa shape index (κ2) is 12.1. The van der Waals surface area contributed by atoms with E-state index < -0.39 is 10.0 Å². The summed E-state index contributed by atoms with van der Waals surface area (Å²) < 4.78 is 28.8. The Labute approximate surface area is 233 Å². The lowest BCUT2D eigenvalue weighted by molar-refractivity contribution is 0.0947. The maximum absolute atomic E-state index is 13.7. The van der Waals surface area contributed by atoms with Crippen molar-refractivity contribution < 1.29 is 13.2 Å². The Kier molecular flexibility index (Phi) is 8.82. The van der Waals surface area contributed by atoms with Gasteiger partial charge in [0.15, 0.2) is 0 Å². The average Bonchev–Trinajstić information content (AvgIpc) is 2.88. The Morgan fingerprint density at radius 2 is 1.63 bits per heavy atom. The van der Waals surface area contributed by atoms with Crippen molar-refractivity contribution in [2.45, 2.75) is 42.0 Å². The normalized spacial score (nSPS) is 11.3. The van der Waals surface area contributed by atoms with E-state index in [4.69, 9.17) is 11.6 Å². The molecule has 0 unspecified atom stereocenters. The third kappa shape index (κ3) is 6.59. The van der Waals surface area contributed by atoms with E-state index in [2.05, 4.69) is 5.32 Å². The highest BCUT2D eigenvalue weighted by molar-refractivity contribution is 7.99. The first-order chi connectivity index (χ1) is 18.2. The van der Waals surface area contributed by atoms with E-state index in [-0.39, 0.29) is 22.9 Å². The van der Waals surface area contributed by atoms with Crippen LogP contribution in [-0.4, -0.2) is 20.9 Å². The molecule has 4 aromatic carbocycles. The minimum Gasteiger partial charge on any atom is -0.348 e. The number of anilines is 1. The molecule has 0 spiro atoms. The standard InChI is InChI=1S/C30H29ClN2O3S2/c1-4-33(25-9-5-7-22(3)17-25)38(35,36)27-15-16-29(37-26-10-6-8-24(31)18-26)28(19-27)30(34)32-20-23-13-11-21(2)12-14-23/h5-19H,4,20H2,1-3H3,(H,32,34). The number of rotatable bonds is 9. The molecule has 0 bridgehead atoms. The van der Waals surface area contributed by atoms with Crippen LogP contribution in [0.3, 0.4) is 0 Å². The molecule has 0 atom stereocenters. The number of hydrogen-bond acceptors (Lipinski definition) is 4. The Hall–Kier alpha value is -3.26. The van der Waals surface area contributed by atoms with Gasteiger partial charge in [-0.3, -0.25) is 9.10 Å². The molecule has 0 heterocycles. The van der Waals surface area contributed by atoms with Gasteiger partial charge in [-0.25, -0.2) is 8.42 Å². The minimum absolute atomic E-state index is 0.0526. The first-order valence-electron chi connectivity index (χ1n) is 12.2. The molecule has 196 valence electrons. The molecule has 5 nitrogen and oxygen atoms in total. The summed E-state index contributed by atoms with van der Waals surface area (Å²) >= 11 is 7.53. The van der Waals surface area contributed by atoms with E-state index in [0.29, 0.717) is 22.2 Å². The van der Waals surface area contributed by atoms with Crippen LogP contribution in [0.1, 0.15) is 34.0 Å². The Bertz CT molecular complexity index is 1550. The van der Waals surface area contributed by atoms with Gasteiger partial charge in [-0.15, -0.1) is 0 Å². The number of nitrogens with one attached hydrogen (secondary N) is 1. The maximum atomic E-state index is 13.7. The predicted molar refractivity (Wildman–Crippen MR) is 156 cm³/mol. The minimum atomic E-state index is -3.92. The topological polar surface area (TPSA) is 66.5 Å². The molecule has 0 saturated carbocycles. The molecule has 0 saturated heterocycles. The molecule has 0 fully saturated rings. The van der Waals surface area contributed by atoms with Crippen molar-refractivity contribution >= 4 is 45.0 Å². The van der Waals surface area contributed by atoms with Gasteiger partial charge < -0.3 is 5.32 Å². The van der Waals surface area contributed by atoms with Gasteiger partial charge in [0.1, 0.15) is 0 Å². The van der Waals surface area contributed by atoms with Crippen LogP contribution in [0, 0.1) is 13.8 Å². The van der Waals surface area contributed by atoms with E-state index in [0.717, 1.165) is 21.6 Å². The first kappa shape index (κ1) is 27.8. The number of sulfonamides is 1. The quantitative estimate of drug-likeness (QED) is 0.232. The van der Waals surface area contributed by atoms with Crippen LogP contribution in [0.2, 0.25) is 5.02 Å². The van der Waals surface area contributed by atoms with Crippen molar-refractivity contribution in [2.24, 2.45) is 0 Å². The van der Waals surface area contributed by atoms with Gasteiger partial charge in [-0.1, -0.05) is 71.4 Å². The van der Waals surface area contributed by atoms with Crippen LogP contribution in [-0.2, 0) is 16.6 Å². The fourth-order valence-electron chi connectivity index (χ4n) is 3.98. The molecule has 0 aliphatic carbocycles. The number of carbonyl (C=O) groups excluding carboxylic acids is 1. The van der Waals surface area contributed by atoms with Crippen LogP contribution in [0.4, 0.5) is 5.69 Å².